The van der Waals surface area contributed by atoms with Gasteiger partial charge >= 0.3 is 0 Å². The molecular formula is C14H22N2. The summed E-state index contributed by atoms with van der Waals surface area (Å²) in [5.74, 6) is 0.548. The fraction of sp³-hybridized carbons (Fsp3) is 0.429. The lowest BCUT2D eigenvalue weighted by Gasteiger charge is -2.30. The molecule has 0 heterocycles. The van der Waals surface area contributed by atoms with Crippen molar-refractivity contribution in [3.8, 4) is 0 Å². The highest BCUT2D eigenvalue weighted by Crippen LogP contribution is 2.16. The highest BCUT2D eigenvalue weighted by Gasteiger charge is 2.19. The molecule has 1 rings (SSSR count). The van der Waals surface area contributed by atoms with Crippen molar-refractivity contribution < 1.29 is 0 Å². The van der Waals surface area contributed by atoms with Gasteiger partial charge in [-0.05, 0) is 25.3 Å². The first-order valence-corrected chi connectivity index (χ1v) is 5.72. The van der Waals surface area contributed by atoms with E-state index in [4.69, 9.17) is 5.73 Å². The number of nitrogens with two attached hydrogens (primary N) is 1. The van der Waals surface area contributed by atoms with Crippen LogP contribution < -0.4 is 11.1 Å². The molecule has 0 aliphatic carbocycles. The van der Waals surface area contributed by atoms with Gasteiger partial charge in [0.15, 0.2) is 0 Å². The molecular weight excluding hydrogens is 196 g/mol. The Labute approximate surface area is 98.6 Å². The molecule has 0 saturated carbocycles. The standard InChI is InChI=1S/C14H22N2/c1-11(2)14(3,4)16-10-13(15)12-8-6-5-7-9-12/h5-11,16H,15H2,1-4H3/b13-10-. The second kappa shape index (κ2) is 5.06. The number of rotatable bonds is 4. The molecule has 0 amide bonds. The van der Waals surface area contributed by atoms with E-state index >= 15 is 0 Å². The summed E-state index contributed by atoms with van der Waals surface area (Å²) in [6.07, 6.45) is 1.90. The van der Waals surface area contributed by atoms with E-state index in [1.807, 2.05) is 36.5 Å². The molecule has 0 radical (unpaired) electrons. The first-order valence-electron chi connectivity index (χ1n) is 5.72. The number of hydrogen-bond donors (Lipinski definition) is 2. The van der Waals surface area contributed by atoms with Gasteiger partial charge in [0.05, 0.1) is 5.70 Å². The van der Waals surface area contributed by atoms with Crippen molar-refractivity contribution in [2.45, 2.75) is 33.2 Å². The number of hydrogen-bond acceptors (Lipinski definition) is 2. The Morgan fingerprint density at radius 3 is 2.31 bits per heavy atom. The molecule has 0 spiro atoms. The lowest BCUT2D eigenvalue weighted by Crippen LogP contribution is -2.41. The third kappa shape index (κ3) is 3.30. The van der Waals surface area contributed by atoms with Gasteiger partial charge < -0.3 is 11.1 Å². The molecule has 0 atom stereocenters. The van der Waals surface area contributed by atoms with Crippen LogP contribution in [0.5, 0.6) is 0 Å². The first-order chi connectivity index (χ1) is 7.43. The quantitative estimate of drug-likeness (QED) is 0.815. The zero-order chi connectivity index (χ0) is 12.2. The van der Waals surface area contributed by atoms with Crippen molar-refractivity contribution >= 4 is 5.70 Å². The second-order valence-electron chi connectivity index (χ2n) is 4.99. The smallest absolute Gasteiger partial charge is 0.0547 e. The molecule has 2 heteroatoms. The van der Waals surface area contributed by atoms with Gasteiger partial charge in [-0.2, -0.15) is 0 Å². The van der Waals surface area contributed by atoms with Crippen LogP contribution in [-0.4, -0.2) is 5.54 Å². The minimum atomic E-state index is 0.0550. The van der Waals surface area contributed by atoms with Gasteiger partial charge in [0.1, 0.15) is 0 Å². The summed E-state index contributed by atoms with van der Waals surface area (Å²) >= 11 is 0. The fourth-order valence-corrected chi connectivity index (χ4v) is 1.14. The van der Waals surface area contributed by atoms with Gasteiger partial charge in [0, 0.05) is 11.7 Å². The predicted octanol–water partition coefficient (Wildman–Crippen LogP) is 2.97. The van der Waals surface area contributed by atoms with E-state index < -0.39 is 0 Å². The van der Waals surface area contributed by atoms with Crippen LogP contribution in [-0.2, 0) is 0 Å². The van der Waals surface area contributed by atoms with Crippen LogP contribution in [0, 0.1) is 5.92 Å². The maximum atomic E-state index is 6.00. The van der Waals surface area contributed by atoms with E-state index in [1.54, 1.807) is 0 Å². The van der Waals surface area contributed by atoms with Crippen LogP contribution in [0.3, 0.4) is 0 Å². The molecule has 2 nitrogen and oxygen atoms in total. The van der Waals surface area contributed by atoms with Gasteiger partial charge in [-0.15, -0.1) is 0 Å². The molecule has 0 aliphatic rings. The van der Waals surface area contributed by atoms with E-state index in [-0.39, 0.29) is 5.54 Å². The van der Waals surface area contributed by atoms with Crippen molar-refractivity contribution in [2.75, 3.05) is 0 Å². The third-order valence-corrected chi connectivity index (χ3v) is 3.15. The van der Waals surface area contributed by atoms with Crippen LogP contribution in [0.1, 0.15) is 33.3 Å². The summed E-state index contributed by atoms with van der Waals surface area (Å²) in [6.45, 7) is 8.73. The topological polar surface area (TPSA) is 38.0 Å². The van der Waals surface area contributed by atoms with E-state index in [2.05, 4.69) is 33.0 Å². The summed E-state index contributed by atoms with van der Waals surface area (Å²) in [5, 5.41) is 3.37. The number of benzene rings is 1. The highest BCUT2D eigenvalue weighted by atomic mass is 14.9. The van der Waals surface area contributed by atoms with E-state index in [0.717, 1.165) is 11.3 Å². The van der Waals surface area contributed by atoms with Crippen LogP contribution in [0.15, 0.2) is 36.5 Å². The average molecular weight is 218 g/mol. The van der Waals surface area contributed by atoms with E-state index in [0.29, 0.717) is 5.92 Å². The molecule has 1 aromatic rings. The van der Waals surface area contributed by atoms with Crippen LogP contribution in [0.25, 0.3) is 5.70 Å². The lowest BCUT2D eigenvalue weighted by atomic mass is 9.91. The van der Waals surface area contributed by atoms with Gasteiger partial charge in [-0.3, -0.25) is 0 Å². The lowest BCUT2D eigenvalue weighted by molar-refractivity contribution is 0.322. The number of nitrogens with one attached hydrogen (secondary N) is 1. The Morgan fingerprint density at radius 1 is 1.25 bits per heavy atom. The summed E-state index contributed by atoms with van der Waals surface area (Å²) in [7, 11) is 0. The largest absolute Gasteiger partial charge is 0.397 e. The minimum Gasteiger partial charge on any atom is -0.397 e. The van der Waals surface area contributed by atoms with Crippen LogP contribution in [0.2, 0.25) is 0 Å². The molecule has 88 valence electrons. The Bertz CT molecular complexity index is 350. The maximum Gasteiger partial charge on any atom is 0.0547 e. The second-order valence-corrected chi connectivity index (χ2v) is 4.99. The zero-order valence-electron chi connectivity index (χ0n) is 10.6. The van der Waals surface area contributed by atoms with Gasteiger partial charge in [0.2, 0.25) is 0 Å². The average Bonchev–Trinajstić information content (AvgIpc) is 2.27. The summed E-state index contributed by atoms with van der Waals surface area (Å²) in [5.41, 5.74) is 7.88. The molecule has 0 bridgehead atoms. The fourth-order valence-electron chi connectivity index (χ4n) is 1.14. The summed E-state index contributed by atoms with van der Waals surface area (Å²) in [4.78, 5) is 0. The van der Waals surface area contributed by atoms with Crippen molar-refractivity contribution in [1.82, 2.24) is 5.32 Å². The Morgan fingerprint density at radius 2 is 1.81 bits per heavy atom. The Kier molecular flexibility index (Phi) is 3.99. The SMILES string of the molecule is CC(C)C(C)(C)N/C=C(\N)c1ccccc1. The maximum absolute atomic E-state index is 6.00. The molecule has 0 aliphatic heterocycles. The summed E-state index contributed by atoms with van der Waals surface area (Å²) < 4.78 is 0. The van der Waals surface area contributed by atoms with Crippen LogP contribution in [0.4, 0.5) is 0 Å². The van der Waals surface area contributed by atoms with E-state index in [1.165, 1.54) is 0 Å². The molecule has 0 aromatic heterocycles. The zero-order valence-corrected chi connectivity index (χ0v) is 10.6. The van der Waals surface area contributed by atoms with Crippen molar-refractivity contribution in [2.24, 2.45) is 11.7 Å². The highest BCUT2D eigenvalue weighted by molar-refractivity contribution is 5.61. The predicted molar refractivity (Wildman–Crippen MR) is 70.7 cm³/mol. The van der Waals surface area contributed by atoms with Crippen molar-refractivity contribution in [1.29, 1.82) is 0 Å². The minimum absolute atomic E-state index is 0.0550. The first kappa shape index (κ1) is 12.6. The molecule has 3 N–H and O–H groups in total. The van der Waals surface area contributed by atoms with Gasteiger partial charge in [-0.1, -0.05) is 44.2 Å². The molecule has 0 fully saturated rings. The molecule has 0 saturated heterocycles. The molecule has 1 aromatic carbocycles. The molecule has 0 unspecified atom stereocenters. The van der Waals surface area contributed by atoms with Crippen molar-refractivity contribution in [3.05, 3.63) is 42.1 Å². The Balaban J connectivity index is 2.73. The van der Waals surface area contributed by atoms with Gasteiger partial charge in [-0.25, -0.2) is 0 Å². The van der Waals surface area contributed by atoms with Gasteiger partial charge in [0.25, 0.3) is 0 Å². The molecule has 16 heavy (non-hydrogen) atoms. The van der Waals surface area contributed by atoms with Crippen LogP contribution >= 0.6 is 0 Å². The monoisotopic (exact) mass is 218 g/mol. The summed E-state index contributed by atoms with van der Waals surface area (Å²) in [6, 6.07) is 9.99. The Hall–Kier alpha value is -1.44. The van der Waals surface area contributed by atoms with Crippen molar-refractivity contribution in [3.63, 3.8) is 0 Å². The third-order valence-electron chi connectivity index (χ3n) is 3.15. The van der Waals surface area contributed by atoms with E-state index in [9.17, 15) is 0 Å². The normalized spacial score (nSPS) is 12.9.